The van der Waals surface area contributed by atoms with E-state index in [2.05, 4.69) is 10.3 Å². The Morgan fingerprint density at radius 3 is 2.75 bits per heavy atom. The first-order chi connectivity index (χ1) is 11.2. The molecule has 2 amide bonds. The maximum Gasteiger partial charge on any atom is 0.228 e. The third-order valence-electron chi connectivity index (χ3n) is 4.06. The van der Waals surface area contributed by atoms with E-state index in [9.17, 15) is 14.0 Å². The average Bonchev–Trinajstić information content (AvgIpc) is 2.86. The lowest BCUT2D eigenvalue weighted by Crippen LogP contribution is -2.43. The molecule has 1 aromatic heterocycles. The number of carbonyl (C=O) groups is 2. The van der Waals surface area contributed by atoms with Crippen molar-refractivity contribution in [1.29, 1.82) is 5.41 Å². The smallest absolute Gasteiger partial charge is 0.228 e. The van der Waals surface area contributed by atoms with Crippen molar-refractivity contribution in [3.63, 3.8) is 0 Å². The molecule has 0 bridgehead atoms. The molecular formula is C17H23FN4O2. The summed E-state index contributed by atoms with van der Waals surface area (Å²) in [6.45, 7) is 5.96. The van der Waals surface area contributed by atoms with Crippen LogP contribution in [0.5, 0.6) is 0 Å². The fourth-order valence-corrected chi connectivity index (χ4v) is 2.48. The van der Waals surface area contributed by atoms with Crippen molar-refractivity contribution in [3.05, 3.63) is 24.1 Å². The summed E-state index contributed by atoms with van der Waals surface area (Å²) in [5.74, 6) is -0.395. The second kappa shape index (κ2) is 7.07. The number of nitrogens with one attached hydrogen (secondary N) is 2. The molecule has 6 nitrogen and oxygen atoms in total. The molecule has 1 aliphatic heterocycles. The zero-order valence-electron chi connectivity index (χ0n) is 14.2. The van der Waals surface area contributed by atoms with E-state index in [1.807, 2.05) is 20.8 Å². The van der Waals surface area contributed by atoms with Gasteiger partial charge in [-0.3, -0.25) is 14.5 Å². The van der Waals surface area contributed by atoms with E-state index in [1.165, 1.54) is 17.0 Å². The van der Waals surface area contributed by atoms with Gasteiger partial charge in [0.2, 0.25) is 11.8 Å². The van der Waals surface area contributed by atoms with Gasteiger partial charge in [-0.05, 0) is 18.6 Å². The summed E-state index contributed by atoms with van der Waals surface area (Å²) in [6, 6.07) is 2.51. The molecule has 0 saturated carbocycles. The van der Waals surface area contributed by atoms with E-state index < -0.39 is 5.82 Å². The van der Waals surface area contributed by atoms with Crippen LogP contribution in [0.1, 0.15) is 40.0 Å². The normalized spacial score (nSPS) is 17.9. The number of hydrogen-bond acceptors (Lipinski definition) is 4. The van der Waals surface area contributed by atoms with E-state index in [4.69, 9.17) is 5.41 Å². The molecule has 7 heteroatoms. The Labute approximate surface area is 141 Å². The van der Waals surface area contributed by atoms with Gasteiger partial charge in [0, 0.05) is 24.1 Å². The molecule has 1 saturated heterocycles. The molecule has 24 heavy (non-hydrogen) atoms. The minimum absolute atomic E-state index is 0.0406. The van der Waals surface area contributed by atoms with Gasteiger partial charge in [-0.25, -0.2) is 9.37 Å². The summed E-state index contributed by atoms with van der Waals surface area (Å²) in [5, 5.41) is 10.7. The van der Waals surface area contributed by atoms with E-state index in [1.54, 1.807) is 0 Å². The van der Waals surface area contributed by atoms with Gasteiger partial charge >= 0.3 is 0 Å². The highest BCUT2D eigenvalue weighted by Gasteiger charge is 2.33. The highest BCUT2D eigenvalue weighted by atomic mass is 19.1. The molecule has 2 N–H and O–H groups in total. The summed E-state index contributed by atoms with van der Waals surface area (Å²) < 4.78 is 13.0. The summed E-state index contributed by atoms with van der Waals surface area (Å²) in [5.41, 5.74) is 0.0182. The van der Waals surface area contributed by atoms with Crippen molar-refractivity contribution < 1.29 is 14.0 Å². The molecule has 2 rings (SSSR count). The number of rotatable bonds is 5. The van der Waals surface area contributed by atoms with Gasteiger partial charge in [0.25, 0.3) is 0 Å². The van der Waals surface area contributed by atoms with E-state index >= 15 is 0 Å². The fourth-order valence-electron chi connectivity index (χ4n) is 2.48. The summed E-state index contributed by atoms with van der Waals surface area (Å²) in [4.78, 5) is 29.5. The number of carbonyl (C=O) groups excluding carboxylic acids is 2. The quantitative estimate of drug-likeness (QED) is 0.810. The Bertz CT molecular complexity index is 637. The second-order valence-corrected chi connectivity index (χ2v) is 7.00. The first kappa shape index (κ1) is 18.0. The van der Waals surface area contributed by atoms with Gasteiger partial charge in [0.1, 0.15) is 11.6 Å². The number of amides is 2. The zero-order valence-corrected chi connectivity index (χ0v) is 14.2. The van der Waals surface area contributed by atoms with Gasteiger partial charge in [-0.2, -0.15) is 0 Å². The maximum atomic E-state index is 13.0. The molecule has 1 aromatic rings. The molecule has 0 aliphatic carbocycles. The maximum absolute atomic E-state index is 13.0. The molecular weight excluding hydrogens is 311 g/mol. The van der Waals surface area contributed by atoms with E-state index in [0.29, 0.717) is 30.9 Å². The Hall–Kier alpha value is -2.31. The first-order valence-corrected chi connectivity index (χ1v) is 7.96. The molecule has 1 unspecified atom stereocenters. The Balaban J connectivity index is 1.96. The topological polar surface area (TPSA) is 86.2 Å². The fraction of sp³-hybridized carbons (Fsp3) is 0.529. The molecule has 130 valence electrons. The standard InChI is InChI=1S/C17H23FN4O2/c1-17(2,3)13(19)8-15(23)21-10-12-5-7-16(24)22(12)14-6-4-11(18)9-20-14/h4,6,9,12,19H,5,7-8,10H2,1-3H3,(H,21,23). The van der Waals surface area contributed by atoms with Crippen LogP contribution in [0.4, 0.5) is 10.2 Å². The van der Waals surface area contributed by atoms with Crippen LogP contribution >= 0.6 is 0 Å². The summed E-state index contributed by atoms with van der Waals surface area (Å²) in [7, 11) is 0. The minimum atomic E-state index is -0.462. The number of nitrogens with zero attached hydrogens (tertiary/aromatic N) is 2. The molecule has 1 fully saturated rings. The first-order valence-electron chi connectivity index (χ1n) is 7.96. The molecule has 0 aromatic carbocycles. The SMILES string of the molecule is CC(C)(C)C(=N)CC(=O)NCC1CCC(=O)N1c1ccc(F)cn1. The van der Waals surface area contributed by atoms with Crippen LogP contribution in [-0.4, -0.2) is 35.1 Å². The third kappa shape index (κ3) is 4.37. The van der Waals surface area contributed by atoms with Crippen LogP contribution in [0, 0.1) is 16.6 Å². The van der Waals surface area contributed by atoms with Gasteiger partial charge in [-0.1, -0.05) is 20.8 Å². The molecule has 1 atom stereocenters. The monoisotopic (exact) mass is 334 g/mol. The predicted octanol–water partition coefficient (Wildman–Crippen LogP) is 2.29. The van der Waals surface area contributed by atoms with Crippen molar-refractivity contribution >= 4 is 23.3 Å². The highest BCUT2D eigenvalue weighted by Crippen LogP contribution is 2.24. The van der Waals surface area contributed by atoms with Gasteiger partial charge < -0.3 is 10.7 Å². The lowest BCUT2D eigenvalue weighted by molar-refractivity contribution is -0.120. The van der Waals surface area contributed by atoms with Crippen LogP contribution in [0.3, 0.4) is 0 Å². The lowest BCUT2D eigenvalue weighted by Gasteiger charge is -2.24. The Kier molecular flexibility index (Phi) is 5.31. The number of hydrogen-bond donors (Lipinski definition) is 2. The zero-order chi connectivity index (χ0) is 17.9. The van der Waals surface area contributed by atoms with Crippen molar-refractivity contribution in [2.45, 2.75) is 46.1 Å². The Morgan fingerprint density at radius 2 is 2.17 bits per heavy atom. The second-order valence-electron chi connectivity index (χ2n) is 7.00. The lowest BCUT2D eigenvalue weighted by atomic mass is 9.88. The Morgan fingerprint density at radius 1 is 1.46 bits per heavy atom. The largest absolute Gasteiger partial charge is 0.354 e. The minimum Gasteiger partial charge on any atom is -0.354 e. The summed E-state index contributed by atoms with van der Waals surface area (Å²) >= 11 is 0. The predicted molar refractivity (Wildman–Crippen MR) is 89.5 cm³/mol. The van der Waals surface area contributed by atoms with Crippen LogP contribution in [-0.2, 0) is 9.59 Å². The highest BCUT2D eigenvalue weighted by molar-refractivity contribution is 6.02. The number of pyridine rings is 1. The number of anilines is 1. The van der Waals surface area contributed by atoms with Crippen LogP contribution in [0.25, 0.3) is 0 Å². The van der Waals surface area contributed by atoms with Crippen LogP contribution in [0.15, 0.2) is 18.3 Å². The number of halogens is 1. The van der Waals surface area contributed by atoms with Gasteiger partial charge in [0.05, 0.1) is 18.7 Å². The molecule has 0 radical (unpaired) electrons. The van der Waals surface area contributed by atoms with E-state index in [-0.39, 0.29) is 29.7 Å². The van der Waals surface area contributed by atoms with Gasteiger partial charge in [-0.15, -0.1) is 0 Å². The van der Waals surface area contributed by atoms with Crippen LogP contribution < -0.4 is 10.2 Å². The van der Waals surface area contributed by atoms with Crippen molar-refractivity contribution in [1.82, 2.24) is 10.3 Å². The van der Waals surface area contributed by atoms with Crippen LogP contribution in [0.2, 0.25) is 0 Å². The van der Waals surface area contributed by atoms with Crippen molar-refractivity contribution in [3.8, 4) is 0 Å². The number of aromatic nitrogens is 1. The average molecular weight is 334 g/mol. The molecule has 2 heterocycles. The third-order valence-corrected chi connectivity index (χ3v) is 4.06. The van der Waals surface area contributed by atoms with Crippen molar-refractivity contribution in [2.75, 3.05) is 11.4 Å². The summed E-state index contributed by atoms with van der Waals surface area (Å²) in [6.07, 6.45) is 2.09. The van der Waals surface area contributed by atoms with E-state index in [0.717, 1.165) is 6.20 Å². The van der Waals surface area contributed by atoms with Gasteiger partial charge in [0.15, 0.2) is 0 Å². The molecule has 0 spiro atoms. The van der Waals surface area contributed by atoms with Crippen molar-refractivity contribution in [2.24, 2.45) is 5.41 Å². The molecule has 1 aliphatic rings.